The van der Waals surface area contributed by atoms with E-state index in [-0.39, 0.29) is 11.3 Å². The van der Waals surface area contributed by atoms with E-state index in [4.69, 9.17) is 16.3 Å². The van der Waals surface area contributed by atoms with E-state index in [1.54, 1.807) is 42.5 Å². The fourth-order valence-corrected chi connectivity index (χ4v) is 5.05. The highest BCUT2D eigenvalue weighted by Crippen LogP contribution is 2.45. The molecule has 0 bridgehead atoms. The van der Waals surface area contributed by atoms with E-state index in [1.807, 2.05) is 24.4 Å². The molecular weight excluding hydrogens is 470 g/mol. The van der Waals surface area contributed by atoms with Crippen LogP contribution in [0.5, 0.6) is 5.75 Å². The predicted molar refractivity (Wildman–Crippen MR) is 137 cm³/mol. The highest BCUT2D eigenvalue weighted by molar-refractivity contribution is 7.10. The number of hydrogen-bond acceptors (Lipinski definition) is 5. The molecule has 1 N–H and O–H groups in total. The second-order valence-electron chi connectivity index (χ2n) is 8.15. The summed E-state index contributed by atoms with van der Waals surface area (Å²) < 4.78 is 5.75. The molecule has 1 aromatic heterocycles. The molecule has 2 aromatic carbocycles. The number of anilines is 1. The maximum Gasteiger partial charge on any atom is 0.300 e. The number of thiophene rings is 1. The number of carbonyl (C=O) groups is 2. The molecule has 7 heteroatoms. The Labute approximate surface area is 208 Å². The molecule has 1 unspecified atom stereocenters. The highest BCUT2D eigenvalue weighted by Gasteiger charge is 2.47. The average Bonchev–Trinajstić information content (AvgIpc) is 3.46. The first kappa shape index (κ1) is 24.0. The lowest BCUT2D eigenvalue weighted by Gasteiger charge is -2.26. The van der Waals surface area contributed by atoms with Crippen LogP contribution in [0.4, 0.5) is 5.69 Å². The molecular formula is C27H26ClNO4S. The van der Waals surface area contributed by atoms with Crippen LogP contribution in [-0.4, -0.2) is 23.4 Å². The van der Waals surface area contributed by atoms with Gasteiger partial charge in [0, 0.05) is 21.2 Å². The van der Waals surface area contributed by atoms with Gasteiger partial charge in [-0.1, -0.05) is 43.5 Å². The van der Waals surface area contributed by atoms with Gasteiger partial charge in [-0.05, 0) is 66.8 Å². The lowest BCUT2D eigenvalue weighted by Crippen LogP contribution is -2.29. The van der Waals surface area contributed by atoms with E-state index < -0.39 is 17.7 Å². The first-order chi connectivity index (χ1) is 16.4. The van der Waals surface area contributed by atoms with Gasteiger partial charge in [0.15, 0.2) is 0 Å². The third-order valence-corrected chi connectivity index (χ3v) is 7.23. The van der Waals surface area contributed by atoms with Crippen LogP contribution in [0, 0.1) is 6.92 Å². The van der Waals surface area contributed by atoms with Crippen LogP contribution in [0.3, 0.4) is 0 Å². The van der Waals surface area contributed by atoms with E-state index in [0.29, 0.717) is 34.2 Å². The first-order valence-corrected chi connectivity index (χ1v) is 12.5. The Hall–Kier alpha value is -3.09. The molecule has 34 heavy (non-hydrogen) atoms. The zero-order valence-corrected chi connectivity index (χ0v) is 20.7. The number of aliphatic hydroxyl groups is 1. The van der Waals surface area contributed by atoms with Crippen molar-refractivity contribution in [3.8, 4) is 5.75 Å². The van der Waals surface area contributed by atoms with Crippen molar-refractivity contribution in [2.45, 2.75) is 39.2 Å². The molecule has 3 aromatic rings. The standard InChI is InChI=1S/C27H26ClNO4S/c1-3-4-5-15-33-19-13-11-18(12-14-19)25(30)23-24(22-10-7-16-34-22)29(27(32)26(23)31)21-9-6-8-20(28)17(21)2/h6-14,16,24,30H,3-5,15H2,1-2H3/b25-23-. The molecule has 1 saturated heterocycles. The predicted octanol–water partition coefficient (Wildman–Crippen LogP) is 6.91. The fourth-order valence-electron chi connectivity index (χ4n) is 4.06. The van der Waals surface area contributed by atoms with Gasteiger partial charge < -0.3 is 9.84 Å². The maximum absolute atomic E-state index is 13.2. The van der Waals surface area contributed by atoms with Crippen molar-refractivity contribution in [3.05, 3.63) is 86.6 Å². The average molecular weight is 496 g/mol. The number of ether oxygens (including phenoxy) is 1. The number of rotatable bonds is 8. The topological polar surface area (TPSA) is 66.8 Å². The molecule has 1 atom stereocenters. The van der Waals surface area contributed by atoms with Gasteiger partial charge in [-0.15, -0.1) is 11.3 Å². The van der Waals surface area contributed by atoms with Crippen LogP contribution in [0.1, 0.15) is 48.2 Å². The Bertz CT molecular complexity index is 1220. The van der Waals surface area contributed by atoms with E-state index in [0.717, 1.165) is 24.1 Å². The van der Waals surface area contributed by atoms with Gasteiger partial charge in [-0.2, -0.15) is 0 Å². The molecule has 4 rings (SSSR count). The van der Waals surface area contributed by atoms with Gasteiger partial charge in [-0.3, -0.25) is 14.5 Å². The van der Waals surface area contributed by atoms with Crippen molar-refractivity contribution in [1.29, 1.82) is 0 Å². The van der Waals surface area contributed by atoms with Gasteiger partial charge in [-0.25, -0.2) is 0 Å². The summed E-state index contributed by atoms with van der Waals surface area (Å²) in [5, 5.41) is 13.6. The minimum atomic E-state index is -0.748. The Balaban J connectivity index is 1.74. The summed E-state index contributed by atoms with van der Waals surface area (Å²) in [6.45, 7) is 4.57. The number of nitrogens with zero attached hydrogens (tertiary/aromatic N) is 1. The van der Waals surface area contributed by atoms with Crippen molar-refractivity contribution in [2.24, 2.45) is 0 Å². The van der Waals surface area contributed by atoms with Crippen LogP contribution in [0.15, 0.2) is 65.6 Å². The zero-order valence-electron chi connectivity index (χ0n) is 19.1. The van der Waals surface area contributed by atoms with Crippen LogP contribution in [-0.2, 0) is 9.59 Å². The molecule has 2 heterocycles. The first-order valence-electron chi connectivity index (χ1n) is 11.3. The SMILES string of the molecule is CCCCCOc1ccc(/C(O)=C2/C(=O)C(=O)N(c3cccc(Cl)c3C)C2c2cccs2)cc1. The third kappa shape index (κ3) is 4.61. The number of Topliss-reactive ketones (excluding diaryl/α,β-unsaturated/α-hetero) is 1. The molecule has 1 fully saturated rings. The van der Waals surface area contributed by atoms with Crippen LogP contribution >= 0.6 is 22.9 Å². The van der Waals surface area contributed by atoms with E-state index in [1.165, 1.54) is 16.2 Å². The summed E-state index contributed by atoms with van der Waals surface area (Å²) in [4.78, 5) is 28.6. The van der Waals surface area contributed by atoms with Gasteiger partial charge in [0.2, 0.25) is 0 Å². The van der Waals surface area contributed by atoms with Crippen LogP contribution in [0.25, 0.3) is 5.76 Å². The number of amides is 1. The van der Waals surface area contributed by atoms with E-state index >= 15 is 0 Å². The second-order valence-corrected chi connectivity index (χ2v) is 9.53. The summed E-state index contributed by atoms with van der Waals surface area (Å²) in [5.41, 5.74) is 1.74. The molecule has 0 aliphatic carbocycles. The summed E-state index contributed by atoms with van der Waals surface area (Å²) in [6, 6.07) is 15.1. The van der Waals surface area contributed by atoms with Gasteiger partial charge in [0.25, 0.3) is 11.7 Å². The number of ketones is 1. The lowest BCUT2D eigenvalue weighted by molar-refractivity contribution is -0.132. The summed E-state index contributed by atoms with van der Waals surface area (Å²) in [6.07, 6.45) is 3.20. The number of aliphatic hydroxyl groups excluding tert-OH is 1. The molecule has 1 aliphatic heterocycles. The summed E-state index contributed by atoms with van der Waals surface area (Å²) >= 11 is 7.74. The Morgan fingerprint density at radius 3 is 2.53 bits per heavy atom. The Morgan fingerprint density at radius 1 is 1.09 bits per heavy atom. The van der Waals surface area contributed by atoms with Gasteiger partial charge in [0.05, 0.1) is 12.2 Å². The molecule has 1 amide bonds. The van der Waals surface area contributed by atoms with E-state index in [9.17, 15) is 14.7 Å². The fraction of sp³-hybridized carbons (Fsp3) is 0.259. The minimum absolute atomic E-state index is 0.0587. The van der Waals surface area contributed by atoms with Crippen molar-refractivity contribution in [2.75, 3.05) is 11.5 Å². The number of benzene rings is 2. The number of halogens is 1. The molecule has 0 spiro atoms. The largest absolute Gasteiger partial charge is 0.507 e. The highest BCUT2D eigenvalue weighted by atomic mass is 35.5. The maximum atomic E-state index is 13.2. The lowest BCUT2D eigenvalue weighted by atomic mass is 9.99. The molecule has 5 nitrogen and oxygen atoms in total. The Morgan fingerprint density at radius 2 is 1.85 bits per heavy atom. The van der Waals surface area contributed by atoms with Crippen LogP contribution < -0.4 is 9.64 Å². The third-order valence-electron chi connectivity index (χ3n) is 5.90. The number of hydrogen-bond donors (Lipinski definition) is 1. The van der Waals surface area contributed by atoms with Crippen LogP contribution in [0.2, 0.25) is 5.02 Å². The number of unbranched alkanes of at least 4 members (excludes halogenated alkanes) is 2. The zero-order chi connectivity index (χ0) is 24.2. The smallest absolute Gasteiger partial charge is 0.300 e. The number of carbonyl (C=O) groups excluding carboxylic acids is 2. The molecule has 0 radical (unpaired) electrons. The molecule has 1 aliphatic rings. The van der Waals surface area contributed by atoms with Gasteiger partial charge >= 0.3 is 0 Å². The summed E-state index contributed by atoms with van der Waals surface area (Å²) in [7, 11) is 0. The molecule has 176 valence electrons. The minimum Gasteiger partial charge on any atom is -0.507 e. The molecule has 0 saturated carbocycles. The van der Waals surface area contributed by atoms with Crippen molar-refractivity contribution >= 4 is 46.1 Å². The summed E-state index contributed by atoms with van der Waals surface area (Å²) in [5.74, 6) is -0.940. The Kier molecular flexibility index (Phi) is 7.39. The van der Waals surface area contributed by atoms with Crippen molar-refractivity contribution < 1.29 is 19.4 Å². The monoisotopic (exact) mass is 495 g/mol. The quantitative estimate of drug-likeness (QED) is 0.160. The van der Waals surface area contributed by atoms with Gasteiger partial charge in [0.1, 0.15) is 17.6 Å². The van der Waals surface area contributed by atoms with Crippen molar-refractivity contribution in [1.82, 2.24) is 0 Å². The normalized spacial score (nSPS) is 17.4. The van der Waals surface area contributed by atoms with Crippen molar-refractivity contribution in [3.63, 3.8) is 0 Å². The van der Waals surface area contributed by atoms with E-state index in [2.05, 4.69) is 6.92 Å². The second kappa shape index (κ2) is 10.5.